The maximum atomic E-state index is 13.3. The van der Waals surface area contributed by atoms with E-state index in [4.69, 9.17) is 18.6 Å². The molecule has 0 saturated carbocycles. The van der Waals surface area contributed by atoms with Crippen LogP contribution in [0.2, 0.25) is 0 Å². The van der Waals surface area contributed by atoms with E-state index in [2.05, 4.69) is 18.7 Å². The quantitative estimate of drug-likeness (QED) is 0.354. The molecule has 1 heterocycles. The number of methoxy groups -OCH3 is 2. The van der Waals surface area contributed by atoms with Crippen molar-refractivity contribution in [3.63, 3.8) is 0 Å². The third-order valence-electron chi connectivity index (χ3n) is 5.35. The van der Waals surface area contributed by atoms with Gasteiger partial charge < -0.3 is 23.5 Å². The van der Waals surface area contributed by atoms with Crippen LogP contribution in [-0.2, 0) is 0 Å². The second-order valence-electron chi connectivity index (χ2n) is 7.70. The van der Waals surface area contributed by atoms with Crippen LogP contribution >= 0.6 is 0 Å². The lowest BCUT2D eigenvalue weighted by Crippen LogP contribution is -2.27. The van der Waals surface area contributed by atoms with Crippen LogP contribution in [0.4, 0.5) is 0 Å². The molecule has 3 aromatic rings. The number of fused-ring (bicyclic) bond motifs is 1. The van der Waals surface area contributed by atoms with Crippen molar-refractivity contribution in [2.24, 2.45) is 0 Å². The van der Waals surface area contributed by atoms with Gasteiger partial charge in [0.25, 0.3) is 0 Å². The molecule has 0 bridgehead atoms. The molecular formula is C26H33NO5. The number of rotatable bonds is 12. The molecule has 0 saturated heterocycles. The second kappa shape index (κ2) is 11.6. The Hall–Kier alpha value is -2.99. The number of benzene rings is 2. The SMILES string of the molecule is CCCN(CCC)CCCOc1c(-c2ccc(OC)c(OC)c2)oc2ccccc2c1=O. The van der Waals surface area contributed by atoms with Gasteiger partial charge in [0.05, 0.1) is 26.2 Å². The van der Waals surface area contributed by atoms with Crippen LogP contribution in [-0.4, -0.2) is 45.4 Å². The first-order chi connectivity index (χ1) is 15.6. The van der Waals surface area contributed by atoms with Gasteiger partial charge in [-0.15, -0.1) is 0 Å². The van der Waals surface area contributed by atoms with Gasteiger partial charge in [-0.25, -0.2) is 0 Å². The van der Waals surface area contributed by atoms with Gasteiger partial charge in [0.15, 0.2) is 17.3 Å². The first-order valence-corrected chi connectivity index (χ1v) is 11.3. The highest BCUT2D eigenvalue weighted by Gasteiger charge is 2.19. The fraction of sp³-hybridized carbons (Fsp3) is 0.423. The molecule has 6 heteroatoms. The van der Waals surface area contributed by atoms with E-state index in [1.807, 2.05) is 18.2 Å². The molecule has 0 radical (unpaired) electrons. The minimum Gasteiger partial charge on any atom is -0.493 e. The zero-order valence-electron chi connectivity index (χ0n) is 19.5. The Bertz CT molecular complexity index is 1070. The van der Waals surface area contributed by atoms with Crippen LogP contribution in [0, 0.1) is 0 Å². The number of hydrogen-bond donors (Lipinski definition) is 0. The van der Waals surface area contributed by atoms with E-state index in [1.165, 1.54) is 0 Å². The van der Waals surface area contributed by atoms with E-state index in [1.54, 1.807) is 38.5 Å². The van der Waals surface area contributed by atoms with E-state index in [-0.39, 0.29) is 11.2 Å². The van der Waals surface area contributed by atoms with Crippen LogP contribution in [0.3, 0.4) is 0 Å². The summed E-state index contributed by atoms with van der Waals surface area (Å²) < 4.78 is 23.0. The summed E-state index contributed by atoms with van der Waals surface area (Å²) in [5.41, 5.74) is 1.04. The van der Waals surface area contributed by atoms with Gasteiger partial charge in [0.2, 0.25) is 11.2 Å². The molecule has 0 atom stereocenters. The Morgan fingerprint density at radius 3 is 2.31 bits per heavy atom. The summed E-state index contributed by atoms with van der Waals surface area (Å²) in [4.78, 5) is 15.7. The average Bonchev–Trinajstić information content (AvgIpc) is 2.82. The summed E-state index contributed by atoms with van der Waals surface area (Å²) in [5.74, 6) is 1.79. The Morgan fingerprint density at radius 2 is 1.62 bits per heavy atom. The van der Waals surface area contributed by atoms with Crippen molar-refractivity contribution in [2.75, 3.05) is 40.5 Å². The van der Waals surface area contributed by atoms with Gasteiger partial charge in [-0.3, -0.25) is 4.79 Å². The van der Waals surface area contributed by atoms with Gasteiger partial charge in [-0.05, 0) is 62.7 Å². The highest BCUT2D eigenvalue weighted by Crippen LogP contribution is 2.36. The third kappa shape index (κ3) is 5.43. The molecule has 0 unspecified atom stereocenters. The summed E-state index contributed by atoms with van der Waals surface area (Å²) >= 11 is 0. The lowest BCUT2D eigenvalue weighted by Gasteiger charge is -2.21. The summed E-state index contributed by atoms with van der Waals surface area (Å²) in [5, 5.41) is 0.505. The topological polar surface area (TPSA) is 61.1 Å². The fourth-order valence-electron chi connectivity index (χ4n) is 3.85. The predicted octanol–water partition coefficient (Wildman–Crippen LogP) is 5.37. The minimum atomic E-state index is -0.171. The summed E-state index contributed by atoms with van der Waals surface area (Å²) in [6.07, 6.45) is 3.08. The first kappa shape index (κ1) is 23.7. The van der Waals surface area contributed by atoms with Crippen molar-refractivity contribution in [1.82, 2.24) is 4.90 Å². The lowest BCUT2D eigenvalue weighted by atomic mass is 10.1. The van der Waals surface area contributed by atoms with Crippen LogP contribution in [0.1, 0.15) is 33.1 Å². The molecular weight excluding hydrogens is 406 g/mol. The Kier molecular flexibility index (Phi) is 8.56. The number of nitrogens with zero attached hydrogens (tertiary/aromatic N) is 1. The molecule has 0 amide bonds. The molecule has 0 aliphatic rings. The smallest absolute Gasteiger partial charge is 0.235 e. The second-order valence-corrected chi connectivity index (χ2v) is 7.70. The van der Waals surface area contributed by atoms with Gasteiger partial charge in [0, 0.05) is 12.1 Å². The van der Waals surface area contributed by atoms with E-state index in [9.17, 15) is 4.79 Å². The van der Waals surface area contributed by atoms with Gasteiger partial charge in [-0.2, -0.15) is 0 Å². The molecule has 3 rings (SSSR count). The van der Waals surface area contributed by atoms with E-state index >= 15 is 0 Å². The Balaban J connectivity index is 1.92. The number of ether oxygens (including phenoxy) is 3. The van der Waals surface area contributed by atoms with Crippen molar-refractivity contribution >= 4 is 11.0 Å². The molecule has 32 heavy (non-hydrogen) atoms. The molecule has 2 aromatic carbocycles. The zero-order valence-corrected chi connectivity index (χ0v) is 19.5. The maximum absolute atomic E-state index is 13.3. The van der Waals surface area contributed by atoms with E-state index < -0.39 is 0 Å². The number of hydrogen-bond acceptors (Lipinski definition) is 6. The molecule has 0 spiro atoms. The maximum Gasteiger partial charge on any atom is 0.235 e. The van der Waals surface area contributed by atoms with Crippen molar-refractivity contribution in [2.45, 2.75) is 33.1 Å². The van der Waals surface area contributed by atoms with Gasteiger partial charge in [0.1, 0.15) is 5.58 Å². The highest BCUT2D eigenvalue weighted by atomic mass is 16.5. The van der Waals surface area contributed by atoms with E-state index in [0.29, 0.717) is 40.4 Å². The van der Waals surface area contributed by atoms with Crippen molar-refractivity contribution in [3.05, 3.63) is 52.7 Å². The molecule has 0 fully saturated rings. The van der Waals surface area contributed by atoms with Crippen LogP contribution in [0.25, 0.3) is 22.3 Å². The number of para-hydroxylation sites is 1. The van der Waals surface area contributed by atoms with E-state index in [0.717, 1.165) is 38.9 Å². The summed E-state index contributed by atoms with van der Waals surface area (Å²) in [6, 6.07) is 12.6. The van der Waals surface area contributed by atoms with Gasteiger partial charge in [-0.1, -0.05) is 26.0 Å². The highest BCUT2D eigenvalue weighted by molar-refractivity contribution is 5.82. The first-order valence-electron chi connectivity index (χ1n) is 11.3. The Labute approximate surface area is 189 Å². The lowest BCUT2D eigenvalue weighted by molar-refractivity contribution is 0.232. The largest absolute Gasteiger partial charge is 0.493 e. The van der Waals surface area contributed by atoms with Crippen LogP contribution < -0.4 is 19.6 Å². The molecule has 0 aliphatic carbocycles. The monoisotopic (exact) mass is 439 g/mol. The standard InChI is InChI=1S/C26H33NO5/c1-5-14-27(15-6-2)16-9-17-31-26-24(28)20-10-7-8-11-21(20)32-25(26)19-12-13-22(29-3)23(18-19)30-4/h7-8,10-13,18H,5-6,9,14-17H2,1-4H3. The van der Waals surface area contributed by atoms with Crippen molar-refractivity contribution < 1.29 is 18.6 Å². The summed E-state index contributed by atoms with van der Waals surface area (Å²) in [7, 11) is 3.16. The minimum absolute atomic E-state index is 0.171. The van der Waals surface area contributed by atoms with Crippen LogP contribution in [0.5, 0.6) is 17.2 Å². The van der Waals surface area contributed by atoms with Crippen molar-refractivity contribution in [1.29, 1.82) is 0 Å². The molecule has 1 aromatic heterocycles. The molecule has 0 N–H and O–H groups in total. The molecule has 172 valence electrons. The molecule has 6 nitrogen and oxygen atoms in total. The predicted molar refractivity (Wildman–Crippen MR) is 128 cm³/mol. The van der Waals surface area contributed by atoms with Crippen LogP contribution in [0.15, 0.2) is 51.7 Å². The zero-order chi connectivity index (χ0) is 22.9. The Morgan fingerprint density at radius 1 is 0.906 bits per heavy atom. The average molecular weight is 440 g/mol. The normalized spacial score (nSPS) is 11.2. The molecule has 0 aliphatic heterocycles. The summed E-state index contributed by atoms with van der Waals surface area (Å²) in [6.45, 7) is 7.90. The third-order valence-corrected chi connectivity index (χ3v) is 5.35. The van der Waals surface area contributed by atoms with Crippen molar-refractivity contribution in [3.8, 4) is 28.6 Å². The van der Waals surface area contributed by atoms with Gasteiger partial charge >= 0.3 is 0 Å². The fourth-order valence-corrected chi connectivity index (χ4v) is 3.85.